The van der Waals surface area contributed by atoms with E-state index in [2.05, 4.69) is 10.5 Å². The van der Waals surface area contributed by atoms with Crippen LogP contribution in [-0.2, 0) is 4.74 Å². The normalized spacial score (nSPS) is 19.9. The van der Waals surface area contributed by atoms with Gasteiger partial charge in [0.25, 0.3) is 0 Å². The first-order chi connectivity index (χ1) is 6.83. The molecule has 1 fully saturated rings. The molecule has 1 aliphatic heterocycles. The summed E-state index contributed by atoms with van der Waals surface area (Å²) in [4.78, 5) is 0. The maximum atomic E-state index is 8.30. The lowest BCUT2D eigenvalue weighted by molar-refractivity contribution is 0.0664. The predicted octanol–water partition coefficient (Wildman–Crippen LogP) is 0.139. The van der Waals surface area contributed by atoms with Crippen LogP contribution in [0.2, 0.25) is 0 Å². The fourth-order valence-electron chi connectivity index (χ4n) is 1.52. The van der Waals surface area contributed by atoms with Crippen molar-refractivity contribution in [1.29, 1.82) is 0 Å². The second-order valence-corrected chi connectivity index (χ2v) is 3.60. The molecule has 0 aromatic heterocycles. The molecule has 1 heterocycles. The molecule has 1 saturated heterocycles. The molecule has 14 heavy (non-hydrogen) atoms. The average Bonchev–Trinajstić information content (AvgIpc) is 2.25. The summed E-state index contributed by atoms with van der Waals surface area (Å²) in [6.45, 7) is 3.54. The van der Waals surface area contributed by atoms with E-state index in [-0.39, 0.29) is 5.84 Å². The lowest BCUT2D eigenvalue weighted by Gasteiger charge is -2.22. The van der Waals surface area contributed by atoms with Gasteiger partial charge in [0.2, 0.25) is 0 Å². The van der Waals surface area contributed by atoms with Crippen LogP contribution in [0.5, 0.6) is 0 Å². The van der Waals surface area contributed by atoms with E-state index in [1.54, 1.807) is 0 Å². The summed E-state index contributed by atoms with van der Waals surface area (Å²) < 4.78 is 5.26. The van der Waals surface area contributed by atoms with Crippen molar-refractivity contribution in [2.24, 2.45) is 16.8 Å². The molecule has 5 nitrogen and oxygen atoms in total. The monoisotopic (exact) mass is 201 g/mol. The number of hydrogen-bond acceptors (Lipinski definition) is 4. The van der Waals surface area contributed by atoms with Gasteiger partial charge in [0.1, 0.15) is 5.84 Å². The first-order valence-electron chi connectivity index (χ1n) is 5.08. The van der Waals surface area contributed by atoms with Crippen molar-refractivity contribution in [2.75, 3.05) is 26.3 Å². The number of nitrogens with two attached hydrogens (primary N) is 1. The van der Waals surface area contributed by atoms with Gasteiger partial charge in [-0.2, -0.15) is 0 Å². The largest absolute Gasteiger partial charge is 0.409 e. The number of oxime groups is 1. The van der Waals surface area contributed by atoms with Crippen molar-refractivity contribution >= 4 is 5.84 Å². The smallest absolute Gasteiger partial charge is 0.140 e. The second-order valence-electron chi connectivity index (χ2n) is 3.60. The fraction of sp³-hybridized carbons (Fsp3) is 0.889. The third-order valence-electron chi connectivity index (χ3n) is 2.46. The molecule has 1 rings (SSSR count). The summed E-state index contributed by atoms with van der Waals surface area (Å²) in [5.74, 6) is 1.00. The quantitative estimate of drug-likeness (QED) is 0.194. The summed E-state index contributed by atoms with van der Waals surface area (Å²) in [5.41, 5.74) is 5.33. The first-order valence-corrected chi connectivity index (χ1v) is 5.08. The first kappa shape index (κ1) is 11.3. The Hall–Kier alpha value is -0.810. The standard InChI is InChI=1S/C9H19N3O2/c10-9(12-13)1-4-11-7-8-2-5-14-6-3-8/h8,11,13H,1-7H2,(H2,10,12). The number of hydrogen-bond donors (Lipinski definition) is 3. The van der Waals surface area contributed by atoms with Crippen LogP contribution in [-0.4, -0.2) is 37.3 Å². The van der Waals surface area contributed by atoms with Crippen molar-refractivity contribution in [3.63, 3.8) is 0 Å². The summed E-state index contributed by atoms with van der Waals surface area (Å²) in [7, 11) is 0. The molecule has 4 N–H and O–H groups in total. The highest BCUT2D eigenvalue weighted by Crippen LogP contribution is 2.12. The van der Waals surface area contributed by atoms with E-state index in [0.29, 0.717) is 6.42 Å². The van der Waals surface area contributed by atoms with Crippen LogP contribution in [0.15, 0.2) is 5.16 Å². The van der Waals surface area contributed by atoms with Crippen LogP contribution in [0.1, 0.15) is 19.3 Å². The van der Waals surface area contributed by atoms with Gasteiger partial charge >= 0.3 is 0 Å². The SMILES string of the molecule is NC(CCNCC1CCOCC1)=NO. The predicted molar refractivity (Wildman–Crippen MR) is 54.4 cm³/mol. The minimum absolute atomic E-state index is 0.282. The zero-order valence-electron chi connectivity index (χ0n) is 8.41. The minimum atomic E-state index is 0.282. The molecule has 0 aliphatic carbocycles. The van der Waals surface area contributed by atoms with Crippen molar-refractivity contribution in [3.8, 4) is 0 Å². The molecule has 0 spiro atoms. The third-order valence-corrected chi connectivity index (χ3v) is 2.46. The maximum absolute atomic E-state index is 8.30. The van der Waals surface area contributed by atoms with Gasteiger partial charge in [0.05, 0.1) is 0 Å². The number of nitrogens with one attached hydrogen (secondary N) is 1. The number of rotatable bonds is 5. The Morgan fingerprint density at radius 2 is 2.21 bits per heavy atom. The molecule has 82 valence electrons. The highest BCUT2D eigenvalue weighted by Gasteiger charge is 2.12. The molecule has 0 aromatic rings. The Balaban J connectivity index is 1.97. The molecule has 1 aliphatic rings. The zero-order valence-corrected chi connectivity index (χ0v) is 8.41. The van der Waals surface area contributed by atoms with E-state index >= 15 is 0 Å². The number of amidine groups is 1. The van der Waals surface area contributed by atoms with Crippen molar-refractivity contribution in [3.05, 3.63) is 0 Å². The molecule has 0 bridgehead atoms. The van der Waals surface area contributed by atoms with Crippen molar-refractivity contribution in [1.82, 2.24) is 5.32 Å². The Labute approximate surface area is 84.3 Å². The Kier molecular flexibility index (Phi) is 5.32. The Morgan fingerprint density at radius 1 is 1.50 bits per heavy atom. The number of ether oxygens (including phenoxy) is 1. The van der Waals surface area contributed by atoms with Crippen LogP contribution in [0.4, 0.5) is 0 Å². The summed E-state index contributed by atoms with van der Waals surface area (Å²) in [6, 6.07) is 0. The topological polar surface area (TPSA) is 79.9 Å². The molecule has 0 unspecified atom stereocenters. The highest BCUT2D eigenvalue weighted by atomic mass is 16.5. The van der Waals surface area contributed by atoms with Crippen LogP contribution in [0.3, 0.4) is 0 Å². The molecule has 0 amide bonds. The molecule has 0 radical (unpaired) electrons. The fourth-order valence-corrected chi connectivity index (χ4v) is 1.52. The molecule has 0 saturated carbocycles. The van der Waals surface area contributed by atoms with Crippen molar-refractivity contribution in [2.45, 2.75) is 19.3 Å². The van der Waals surface area contributed by atoms with Gasteiger partial charge in [-0.1, -0.05) is 5.16 Å². The van der Waals surface area contributed by atoms with E-state index in [9.17, 15) is 0 Å². The van der Waals surface area contributed by atoms with Gasteiger partial charge in [-0.25, -0.2) is 0 Å². The Morgan fingerprint density at radius 3 is 2.86 bits per heavy atom. The van der Waals surface area contributed by atoms with Crippen LogP contribution < -0.4 is 11.1 Å². The van der Waals surface area contributed by atoms with Crippen LogP contribution in [0.25, 0.3) is 0 Å². The molecular formula is C9H19N3O2. The lowest BCUT2D eigenvalue weighted by atomic mass is 10.0. The van der Waals surface area contributed by atoms with Gasteiger partial charge in [-0.3, -0.25) is 0 Å². The molecule has 0 atom stereocenters. The van der Waals surface area contributed by atoms with E-state index in [1.807, 2.05) is 0 Å². The van der Waals surface area contributed by atoms with E-state index in [0.717, 1.165) is 45.1 Å². The second kappa shape index (κ2) is 6.62. The number of nitrogens with zero attached hydrogens (tertiary/aromatic N) is 1. The highest BCUT2D eigenvalue weighted by molar-refractivity contribution is 5.79. The molecular weight excluding hydrogens is 182 g/mol. The van der Waals surface area contributed by atoms with E-state index in [1.165, 1.54) is 0 Å². The van der Waals surface area contributed by atoms with Gasteiger partial charge in [-0.15, -0.1) is 0 Å². The van der Waals surface area contributed by atoms with E-state index < -0.39 is 0 Å². The van der Waals surface area contributed by atoms with Gasteiger partial charge in [0, 0.05) is 26.2 Å². The average molecular weight is 201 g/mol. The minimum Gasteiger partial charge on any atom is -0.409 e. The maximum Gasteiger partial charge on any atom is 0.140 e. The summed E-state index contributed by atoms with van der Waals surface area (Å²) in [6.07, 6.45) is 2.87. The molecule has 0 aromatic carbocycles. The Bertz CT molecular complexity index is 179. The summed E-state index contributed by atoms with van der Waals surface area (Å²) in [5, 5.41) is 14.5. The van der Waals surface area contributed by atoms with Crippen LogP contribution in [0, 0.1) is 5.92 Å². The lowest BCUT2D eigenvalue weighted by Crippen LogP contribution is -2.30. The zero-order chi connectivity index (χ0) is 10.2. The molecule has 5 heteroatoms. The van der Waals surface area contributed by atoms with Crippen LogP contribution >= 0.6 is 0 Å². The third kappa shape index (κ3) is 4.43. The van der Waals surface area contributed by atoms with E-state index in [4.69, 9.17) is 15.7 Å². The van der Waals surface area contributed by atoms with Gasteiger partial charge in [0.15, 0.2) is 0 Å². The summed E-state index contributed by atoms with van der Waals surface area (Å²) >= 11 is 0. The van der Waals surface area contributed by atoms with Gasteiger partial charge in [-0.05, 0) is 25.3 Å². The van der Waals surface area contributed by atoms with Crippen molar-refractivity contribution < 1.29 is 9.94 Å². The van der Waals surface area contributed by atoms with Gasteiger partial charge < -0.3 is 21.0 Å².